The number of para-hydroxylation sites is 1. The number of ether oxygens (including phenoxy) is 3. The van der Waals surface area contributed by atoms with Crippen molar-refractivity contribution in [3.05, 3.63) is 76.9 Å². The van der Waals surface area contributed by atoms with Gasteiger partial charge in [-0.05, 0) is 0 Å². The van der Waals surface area contributed by atoms with Crippen molar-refractivity contribution in [1.29, 1.82) is 0 Å². The minimum atomic E-state index is -4.72. The molecule has 4 aromatic rings. The number of halogens is 4. The molecular weight excluding hydrogens is 714 g/mol. The maximum atomic E-state index is 14.4. The zero-order valence-corrected chi connectivity index (χ0v) is 27.4. The fraction of sp³-hybridized carbons (Fsp3) is 0.367. The van der Waals surface area contributed by atoms with Gasteiger partial charge in [-0.2, -0.15) is 0 Å². The molecule has 3 aromatic carbocycles. The number of aromatic nitrogens is 3. The Hall–Kier alpha value is -3.40. The number of carbonyl (C=O) groups excluding carboxylic acids is 1. The predicted molar refractivity (Wildman–Crippen MR) is 166 cm³/mol. The van der Waals surface area contributed by atoms with Crippen LogP contribution in [0.1, 0.15) is 48.4 Å². The van der Waals surface area contributed by atoms with Gasteiger partial charge in [0.2, 0.25) is 0 Å². The third-order valence-corrected chi connectivity index (χ3v) is 20.5. The van der Waals surface area contributed by atoms with Gasteiger partial charge in [0.15, 0.2) is 0 Å². The zero-order valence-electron chi connectivity index (χ0n) is 24.4. The molecule has 0 spiro atoms. The summed E-state index contributed by atoms with van der Waals surface area (Å²) in [7, 11) is -0.723. The number of carbonyl (C=O) groups is 1. The molecule has 0 saturated carbocycles. The van der Waals surface area contributed by atoms with Crippen LogP contribution in [-0.2, 0) is 34.2 Å². The topological polar surface area (TPSA) is 110 Å². The number of alkyl halides is 5. The molecule has 0 aliphatic carbocycles. The Kier molecular flexibility index (Phi) is 9.12. The molecule has 9 nitrogen and oxygen atoms in total. The van der Waals surface area contributed by atoms with E-state index in [0.717, 1.165) is 6.07 Å². The van der Waals surface area contributed by atoms with E-state index in [4.69, 9.17) is 14.2 Å². The first-order valence-corrected chi connectivity index (χ1v) is 20.8. The molecule has 0 saturated heterocycles. The molecule has 1 unspecified atom stereocenters. The van der Waals surface area contributed by atoms with Gasteiger partial charge >= 0.3 is 259 Å². The normalized spacial score (nSPS) is 17.8. The molecule has 44 heavy (non-hydrogen) atoms. The third kappa shape index (κ3) is 6.36. The van der Waals surface area contributed by atoms with Crippen molar-refractivity contribution in [2.45, 2.75) is 47.8 Å². The van der Waals surface area contributed by atoms with Crippen molar-refractivity contribution in [3.8, 4) is 11.5 Å². The molecule has 236 valence electrons. The van der Waals surface area contributed by atoms with Crippen molar-refractivity contribution >= 4 is 42.4 Å². The molecule has 0 amide bonds. The Morgan fingerprint density at radius 1 is 1.16 bits per heavy atom. The molecule has 1 aliphatic heterocycles. The Balaban J connectivity index is 1.64. The van der Waals surface area contributed by atoms with Crippen molar-refractivity contribution < 1.29 is 40.6 Å². The van der Waals surface area contributed by atoms with Gasteiger partial charge in [-0.15, -0.1) is 0 Å². The molecule has 14 heteroatoms. The van der Waals surface area contributed by atoms with E-state index < -0.39 is 55.2 Å². The first kappa shape index (κ1) is 32.0. The van der Waals surface area contributed by atoms with E-state index in [2.05, 4.69) is 10.3 Å². The molecular formula is C30H31F3IN3O6S. The quantitative estimate of drug-likeness (QED) is 0.0901. The predicted octanol–water partition coefficient (Wildman–Crippen LogP) is 6.26. The van der Waals surface area contributed by atoms with E-state index in [1.54, 1.807) is 51.2 Å². The Morgan fingerprint density at radius 3 is 2.61 bits per heavy atom. The van der Waals surface area contributed by atoms with E-state index in [9.17, 15) is 26.4 Å². The number of esters is 1. The van der Waals surface area contributed by atoms with Crippen molar-refractivity contribution in [3.63, 3.8) is 0 Å². The number of hydrogen-bond donors (Lipinski definition) is 0. The number of aryl methyl sites for hydroxylation is 1. The summed E-state index contributed by atoms with van der Waals surface area (Å²) in [5.74, 6) is -0.640. The Bertz CT molecular complexity index is 1810. The van der Waals surface area contributed by atoms with Gasteiger partial charge in [-0.3, -0.25) is 0 Å². The van der Waals surface area contributed by atoms with Gasteiger partial charge in [0.25, 0.3) is 0 Å². The van der Waals surface area contributed by atoms with Crippen LogP contribution >= 0.6 is 18.4 Å². The van der Waals surface area contributed by atoms with Gasteiger partial charge < -0.3 is 0 Å². The summed E-state index contributed by atoms with van der Waals surface area (Å²) in [5, 5.41) is 8.20. The standard InChI is InChI=1S/C30H31F3IN3O6S/c1-5-42-28(38)15-22(20-13-24-29(26(14-20)41-4)37(3)36-35-24)19-10-11-23(30(31,32)33)21(12-19)17-34-16-18(2)43-25-8-6-7-9-27(25)44(34,39)40/h6-14,18,22H,5,15-17H2,1-4H3/t18-,22?/m1/s1. The number of methoxy groups -OCH3 is 1. The summed E-state index contributed by atoms with van der Waals surface area (Å²) < 4.78 is 88.8. The van der Waals surface area contributed by atoms with Crippen LogP contribution in [0.5, 0.6) is 11.5 Å². The summed E-state index contributed by atoms with van der Waals surface area (Å²) in [6.07, 6.45) is -5.39. The van der Waals surface area contributed by atoms with Crippen LogP contribution in [0.25, 0.3) is 11.0 Å². The molecule has 1 aliphatic rings. The number of fused-ring (bicyclic) bond motifs is 2. The molecule has 0 N–H and O–H groups in total. The summed E-state index contributed by atoms with van der Waals surface area (Å²) in [6, 6.07) is 13.3. The zero-order chi connectivity index (χ0) is 31.8. The molecule has 0 fully saturated rings. The van der Waals surface area contributed by atoms with E-state index in [1.807, 2.05) is 0 Å². The Labute approximate surface area is 258 Å². The number of nitrogens with zero attached hydrogens (tertiary/aromatic N) is 3. The SMILES string of the molecule is CCOC(=O)CC(c1ccc(C(F)(F)F)c(CI2C[C@@H](C)Oc3ccccc3S2(=O)=O)c1)c1cc(OC)c2c(c1)nnn2C. The van der Waals surface area contributed by atoms with Gasteiger partial charge in [-0.1, -0.05) is 0 Å². The first-order valence-electron chi connectivity index (χ1n) is 13.7. The van der Waals surface area contributed by atoms with Gasteiger partial charge in [0.05, 0.1) is 0 Å². The van der Waals surface area contributed by atoms with Crippen LogP contribution in [-0.4, -0.2) is 53.6 Å². The average molecular weight is 746 g/mol. The van der Waals surface area contributed by atoms with Crippen LogP contribution in [0, 0.1) is 0 Å². The van der Waals surface area contributed by atoms with Crippen LogP contribution in [0.4, 0.5) is 13.2 Å². The molecule has 1 aromatic heterocycles. The van der Waals surface area contributed by atoms with Crippen LogP contribution in [0.3, 0.4) is 0 Å². The van der Waals surface area contributed by atoms with Gasteiger partial charge in [0, 0.05) is 0 Å². The first-order chi connectivity index (χ1) is 20.8. The van der Waals surface area contributed by atoms with E-state index in [-0.39, 0.29) is 38.1 Å². The molecule has 2 atom stereocenters. The van der Waals surface area contributed by atoms with E-state index in [0.29, 0.717) is 27.9 Å². The number of hydrogen-bond acceptors (Lipinski definition) is 8. The van der Waals surface area contributed by atoms with Crippen LogP contribution in [0.2, 0.25) is 0 Å². The van der Waals surface area contributed by atoms with Crippen LogP contribution in [0.15, 0.2) is 59.5 Å². The fourth-order valence-electron chi connectivity index (χ4n) is 5.29. The monoisotopic (exact) mass is 745 g/mol. The molecule has 0 radical (unpaired) electrons. The number of benzene rings is 3. The van der Waals surface area contributed by atoms with E-state index in [1.165, 1.54) is 30.0 Å². The maximum absolute atomic E-state index is 14.4. The molecule has 5 rings (SSSR count). The fourth-order valence-corrected chi connectivity index (χ4v) is 17.6. The third-order valence-electron chi connectivity index (χ3n) is 7.23. The van der Waals surface area contributed by atoms with Crippen LogP contribution < -0.4 is 9.47 Å². The second-order valence-electron chi connectivity index (χ2n) is 10.3. The molecule has 0 bridgehead atoms. The summed E-state index contributed by atoms with van der Waals surface area (Å²) in [6.45, 7) is 3.53. The number of rotatable bonds is 8. The summed E-state index contributed by atoms with van der Waals surface area (Å²) in [4.78, 5) is 12.8. The van der Waals surface area contributed by atoms with Crippen molar-refractivity contribution in [2.24, 2.45) is 7.05 Å². The van der Waals surface area contributed by atoms with Gasteiger partial charge in [-0.25, -0.2) is 0 Å². The van der Waals surface area contributed by atoms with E-state index >= 15 is 0 Å². The summed E-state index contributed by atoms with van der Waals surface area (Å²) in [5.41, 5.74) is 1.02. The second-order valence-corrected chi connectivity index (χ2v) is 22.0. The van der Waals surface area contributed by atoms with Crippen molar-refractivity contribution in [1.82, 2.24) is 15.0 Å². The molecule has 2 heterocycles. The Morgan fingerprint density at radius 2 is 1.91 bits per heavy atom. The van der Waals surface area contributed by atoms with Gasteiger partial charge in [0.1, 0.15) is 0 Å². The minimum absolute atomic E-state index is 0.0174. The average Bonchev–Trinajstić information content (AvgIpc) is 3.31. The van der Waals surface area contributed by atoms with Crippen molar-refractivity contribution in [2.75, 3.05) is 18.1 Å². The second kappa shape index (κ2) is 12.5. The summed E-state index contributed by atoms with van der Waals surface area (Å²) >= 11 is -3.23.